The van der Waals surface area contributed by atoms with Crippen molar-refractivity contribution in [1.29, 1.82) is 0 Å². The Kier molecular flexibility index (Phi) is 12.6. The second-order valence-electron chi connectivity index (χ2n) is 15.1. The predicted molar refractivity (Wildman–Crippen MR) is 206 cm³/mol. The van der Waals surface area contributed by atoms with Crippen molar-refractivity contribution in [2.45, 2.75) is 84.3 Å². The molecule has 0 aromatic heterocycles. The van der Waals surface area contributed by atoms with Crippen molar-refractivity contribution in [2.24, 2.45) is 17.8 Å². The van der Waals surface area contributed by atoms with Crippen LogP contribution in [0.15, 0.2) is 102 Å². The highest BCUT2D eigenvalue weighted by Gasteiger charge is 2.55. The number of phenols is 1. The highest BCUT2D eigenvalue weighted by molar-refractivity contribution is 6.99. The lowest BCUT2D eigenvalue weighted by molar-refractivity contribution is -0.140. The van der Waals surface area contributed by atoms with E-state index in [9.17, 15) is 24.9 Å². The second-order valence-corrected chi connectivity index (χ2v) is 19.4. The fourth-order valence-corrected chi connectivity index (χ4v) is 13.0. The molecule has 2 amide bonds. The number of fused-ring (bicyclic) bond motifs is 1. The molecule has 8 heteroatoms. The van der Waals surface area contributed by atoms with Crippen LogP contribution in [0.5, 0.6) is 5.75 Å². The van der Waals surface area contributed by atoms with Crippen molar-refractivity contribution < 1.29 is 29.3 Å². The first-order valence-electron chi connectivity index (χ1n) is 18.6. The van der Waals surface area contributed by atoms with E-state index in [1.54, 1.807) is 12.1 Å². The van der Waals surface area contributed by atoms with Crippen LogP contribution >= 0.6 is 0 Å². The number of imide groups is 1. The molecule has 272 valence electrons. The van der Waals surface area contributed by atoms with Gasteiger partial charge in [0.2, 0.25) is 11.8 Å². The number of amides is 2. The van der Waals surface area contributed by atoms with Gasteiger partial charge in [0.05, 0.1) is 31.2 Å². The average Bonchev–Trinajstić information content (AvgIpc) is 3.36. The number of nitrogens with zero attached hydrogens (tertiary/aromatic N) is 1. The van der Waals surface area contributed by atoms with Crippen molar-refractivity contribution in [1.82, 2.24) is 4.90 Å². The Balaban J connectivity index is 1.58. The molecule has 5 rings (SSSR count). The number of aromatic hydroxyl groups is 1. The van der Waals surface area contributed by atoms with Crippen LogP contribution in [0.3, 0.4) is 0 Å². The molecule has 3 N–H and O–H groups in total. The molecule has 1 heterocycles. The third-order valence-electron chi connectivity index (χ3n) is 10.8. The first-order valence-corrected chi connectivity index (χ1v) is 20.5. The standard InChI is InChI=1S/C43H55NO6Si/c1-6-16-30(26-31-17-14-15-22-37(31)46)23-24-38(47)39-32(27-35-40(36(39)28-45)42(49)44(25-7-2)41(35)48)29-50-51(43(3,4)5,33-18-10-8-11-19-33)34-20-12-9-13-21-34/h8-15,17-22,26,35-36,38,40,45-47H,6-7,16,23-25,27-29H2,1-5H3/b30-26+/t35-,36+,38-,40-/m1/s1. The van der Waals surface area contributed by atoms with E-state index >= 15 is 0 Å². The van der Waals surface area contributed by atoms with Gasteiger partial charge in [0.15, 0.2) is 0 Å². The van der Waals surface area contributed by atoms with Gasteiger partial charge in [-0.3, -0.25) is 14.5 Å². The van der Waals surface area contributed by atoms with Gasteiger partial charge in [-0.05, 0) is 64.7 Å². The molecule has 1 saturated heterocycles. The Morgan fingerprint density at radius 2 is 1.51 bits per heavy atom. The zero-order chi connectivity index (χ0) is 36.8. The summed E-state index contributed by atoms with van der Waals surface area (Å²) in [7, 11) is -2.99. The number of benzene rings is 3. The van der Waals surface area contributed by atoms with Crippen LogP contribution in [0.4, 0.5) is 0 Å². The number of carbonyl (C=O) groups is 2. The fourth-order valence-electron chi connectivity index (χ4n) is 8.46. The molecule has 0 radical (unpaired) electrons. The quantitative estimate of drug-likeness (QED) is 0.0932. The molecule has 1 aliphatic carbocycles. The Morgan fingerprint density at radius 1 is 0.902 bits per heavy atom. The number of aliphatic hydroxyl groups is 2. The highest BCUT2D eigenvalue weighted by atomic mass is 28.4. The Hall–Kier alpha value is -3.82. The molecular formula is C43H55NO6Si. The summed E-state index contributed by atoms with van der Waals surface area (Å²) in [5.41, 5.74) is 3.26. The van der Waals surface area contributed by atoms with Crippen molar-refractivity contribution in [3.05, 3.63) is 107 Å². The van der Waals surface area contributed by atoms with E-state index in [0.717, 1.165) is 39.9 Å². The number of allylic oxidation sites excluding steroid dienone is 1. The lowest BCUT2D eigenvalue weighted by atomic mass is 9.68. The molecule has 7 nitrogen and oxygen atoms in total. The van der Waals surface area contributed by atoms with Crippen LogP contribution < -0.4 is 10.4 Å². The number of carbonyl (C=O) groups excluding carboxylic acids is 2. The number of phenolic OH excluding ortho intramolecular Hbond substituents is 1. The van der Waals surface area contributed by atoms with Crippen molar-refractivity contribution >= 4 is 36.6 Å². The SMILES string of the molecule is CCC/C(=C\c1ccccc1O)CC[C@@H](O)C1=C(CO[Si](c2ccccc2)(c2ccccc2)C(C)(C)C)C[C@H]2C(=O)N(CCC)C(=O)[C@H]2[C@H]1CO. The Labute approximate surface area is 304 Å². The van der Waals surface area contributed by atoms with Crippen molar-refractivity contribution in [3.63, 3.8) is 0 Å². The number of hydrogen-bond donors (Lipinski definition) is 3. The topological polar surface area (TPSA) is 107 Å². The van der Waals surface area contributed by atoms with E-state index in [4.69, 9.17) is 4.43 Å². The van der Waals surface area contributed by atoms with E-state index < -0.39 is 32.2 Å². The summed E-state index contributed by atoms with van der Waals surface area (Å²) in [6.45, 7) is 10.8. The molecule has 0 bridgehead atoms. The van der Waals surface area contributed by atoms with Crippen LogP contribution in [0.2, 0.25) is 5.04 Å². The molecule has 2 aliphatic rings. The zero-order valence-electron chi connectivity index (χ0n) is 30.8. The first kappa shape index (κ1) is 38.4. The minimum Gasteiger partial charge on any atom is -0.507 e. The molecular weight excluding hydrogens is 655 g/mol. The van der Waals surface area contributed by atoms with Crippen molar-refractivity contribution in [2.75, 3.05) is 19.8 Å². The molecule has 3 aromatic carbocycles. The van der Waals surface area contributed by atoms with E-state index in [0.29, 0.717) is 37.8 Å². The average molecular weight is 710 g/mol. The first-order chi connectivity index (χ1) is 24.5. The molecule has 0 spiro atoms. The molecule has 51 heavy (non-hydrogen) atoms. The smallest absolute Gasteiger partial charge is 0.261 e. The predicted octanol–water partition coefficient (Wildman–Crippen LogP) is 6.61. The van der Waals surface area contributed by atoms with E-state index in [1.807, 2.05) is 61.5 Å². The summed E-state index contributed by atoms with van der Waals surface area (Å²) in [6.07, 6.45) is 4.62. The van der Waals surface area contributed by atoms with Gasteiger partial charge >= 0.3 is 0 Å². The van der Waals surface area contributed by atoms with Gasteiger partial charge in [-0.25, -0.2) is 0 Å². The summed E-state index contributed by atoms with van der Waals surface area (Å²) < 4.78 is 7.36. The maximum Gasteiger partial charge on any atom is 0.261 e. The third-order valence-corrected chi connectivity index (χ3v) is 15.7. The minimum absolute atomic E-state index is 0.171. The maximum absolute atomic E-state index is 13.8. The zero-order valence-corrected chi connectivity index (χ0v) is 31.8. The molecule has 3 aromatic rings. The van der Waals surface area contributed by atoms with Gasteiger partial charge in [-0.15, -0.1) is 0 Å². The van der Waals surface area contributed by atoms with Crippen LogP contribution in [-0.4, -0.2) is 66.2 Å². The third kappa shape index (κ3) is 7.85. The maximum atomic E-state index is 13.8. The second kappa shape index (κ2) is 16.7. The monoisotopic (exact) mass is 709 g/mol. The van der Waals surface area contributed by atoms with Gasteiger partial charge in [-0.1, -0.05) is 132 Å². The van der Waals surface area contributed by atoms with E-state index in [-0.39, 0.29) is 35.8 Å². The summed E-state index contributed by atoms with van der Waals surface area (Å²) in [4.78, 5) is 29.0. The minimum atomic E-state index is -2.99. The van der Waals surface area contributed by atoms with E-state index in [1.165, 1.54) is 4.90 Å². The Morgan fingerprint density at radius 3 is 2.06 bits per heavy atom. The lowest BCUT2D eigenvalue weighted by Gasteiger charge is -2.44. The molecule has 4 atom stereocenters. The number of rotatable bonds is 15. The number of hydrogen-bond acceptors (Lipinski definition) is 6. The largest absolute Gasteiger partial charge is 0.507 e. The number of aliphatic hydroxyl groups excluding tert-OH is 2. The summed E-state index contributed by atoms with van der Waals surface area (Å²) >= 11 is 0. The van der Waals surface area contributed by atoms with E-state index in [2.05, 4.69) is 52.0 Å². The van der Waals surface area contributed by atoms with Crippen molar-refractivity contribution in [3.8, 4) is 5.75 Å². The van der Waals surface area contributed by atoms with Crippen LogP contribution in [0.1, 0.15) is 78.7 Å². The van der Waals surface area contributed by atoms with Gasteiger partial charge < -0.3 is 19.7 Å². The van der Waals surface area contributed by atoms with Gasteiger partial charge in [-0.2, -0.15) is 0 Å². The molecule has 0 unspecified atom stereocenters. The lowest BCUT2D eigenvalue weighted by Crippen LogP contribution is -2.66. The fraction of sp³-hybridized carbons (Fsp3) is 0.442. The van der Waals surface area contributed by atoms with Crippen LogP contribution in [-0.2, 0) is 14.0 Å². The summed E-state index contributed by atoms with van der Waals surface area (Å²) in [6, 6.07) is 27.9. The molecule has 1 aliphatic heterocycles. The Bertz CT molecular complexity index is 1670. The van der Waals surface area contributed by atoms with Gasteiger partial charge in [0.1, 0.15) is 5.75 Å². The molecule has 0 saturated carbocycles. The number of para-hydroxylation sites is 1. The summed E-state index contributed by atoms with van der Waals surface area (Å²) in [5.74, 6) is -2.27. The van der Waals surface area contributed by atoms with Gasteiger partial charge in [0.25, 0.3) is 8.32 Å². The van der Waals surface area contributed by atoms with Crippen LogP contribution in [0.25, 0.3) is 6.08 Å². The van der Waals surface area contributed by atoms with Gasteiger partial charge in [0, 0.05) is 18.0 Å². The number of likely N-dealkylation sites (tertiary alicyclic amines) is 1. The normalized spacial score (nSPS) is 20.6. The summed E-state index contributed by atoms with van der Waals surface area (Å²) in [5, 5.41) is 35.6. The van der Waals surface area contributed by atoms with Crippen LogP contribution in [0, 0.1) is 17.8 Å². The highest BCUT2D eigenvalue weighted by Crippen LogP contribution is 2.47. The molecule has 1 fully saturated rings.